The van der Waals surface area contributed by atoms with Gasteiger partial charge in [-0.1, -0.05) is 199 Å². The number of allylic oxidation sites excluding steroid dienone is 4. The van der Waals surface area contributed by atoms with E-state index >= 15 is 0 Å². The highest BCUT2D eigenvalue weighted by Gasteiger charge is 2.46. The maximum absolute atomic E-state index is 12.9. The first-order valence-electron chi connectivity index (χ1n) is 27.4. The largest absolute Gasteiger partial charge is 0.462 e. The number of hydrogen-bond donors (Lipinski definition) is 4. The van der Waals surface area contributed by atoms with Crippen LogP contribution in [0.2, 0.25) is 0 Å². The second kappa shape index (κ2) is 44.1. The van der Waals surface area contributed by atoms with Crippen LogP contribution < -0.4 is 0 Å². The molecule has 0 radical (unpaired) electrons. The number of carbonyl (C=O) groups excluding carboxylic acids is 2. The Morgan fingerprint density at radius 2 is 0.851 bits per heavy atom. The summed E-state index contributed by atoms with van der Waals surface area (Å²) in [7, 11) is -4.61. The molecular weight excluding hydrogens is 873 g/mol. The smallest absolute Gasteiger partial charge is 0.306 e. The molecule has 67 heavy (non-hydrogen) atoms. The van der Waals surface area contributed by atoms with E-state index in [1.54, 1.807) is 0 Å². The lowest BCUT2D eigenvalue weighted by Crippen LogP contribution is -2.60. The Labute approximate surface area is 408 Å². The van der Waals surface area contributed by atoms with Crippen molar-refractivity contribution in [3.05, 3.63) is 24.3 Å². The Morgan fingerprint density at radius 3 is 1.24 bits per heavy atom. The first kappa shape index (κ1) is 63.1. The Hall–Kier alpha value is -1.87. The zero-order chi connectivity index (χ0) is 49.1. The average Bonchev–Trinajstić information content (AvgIpc) is 3.30. The van der Waals surface area contributed by atoms with Crippen LogP contribution in [0, 0.1) is 0 Å². The van der Waals surface area contributed by atoms with E-state index in [0.29, 0.717) is 12.8 Å². The third kappa shape index (κ3) is 38.6. The molecule has 4 N–H and O–H groups in total. The van der Waals surface area contributed by atoms with Gasteiger partial charge in [-0.3, -0.25) is 14.1 Å². The van der Waals surface area contributed by atoms with Crippen LogP contribution in [0.4, 0.5) is 0 Å². The molecule has 13 heteroatoms. The maximum atomic E-state index is 12.9. The molecule has 0 aliphatic carbocycles. The van der Waals surface area contributed by atoms with Crippen molar-refractivity contribution >= 4 is 22.1 Å². The van der Waals surface area contributed by atoms with Gasteiger partial charge in [0.05, 0.1) is 6.61 Å². The molecule has 1 fully saturated rings. The fourth-order valence-corrected chi connectivity index (χ4v) is 9.18. The van der Waals surface area contributed by atoms with Crippen molar-refractivity contribution in [1.29, 1.82) is 0 Å². The van der Waals surface area contributed by atoms with Gasteiger partial charge in [0.1, 0.15) is 36.8 Å². The zero-order valence-electron chi connectivity index (χ0n) is 42.5. The molecule has 1 saturated heterocycles. The highest BCUT2D eigenvalue weighted by molar-refractivity contribution is 7.85. The van der Waals surface area contributed by atoms with Gasteiger partial charge < -0.3 is 34.3 Å². The first-order valence-corrected chi connectivity index (χ1v) is 29.0. The summed E-state index contributed by atoms with van der Waals surface area (Å²) in [5.74, 6) is -1.98. The SMILES string of the molecule is CCCCCCCCC/C=C\CCCCCCCCCC(=O)OCC(COC1OC(CS(=O)(=O)O)C(O)C(O)C1O)OC(=O)CCCCCCCCCCC/C=C\CCCCCCCCCC. The van der Waals surface area contributed by atoms with E-state index in [1.807, 2.05) is 0 Å². The van der Waals surface area contributed by atoms with Crippen LogP contribution in [0.25, 0.3) is 0 Å². The Bertz CT molecular complexity index is 1320. The molecule has 1 aliphatic rings. The monoisotopic (exact) mass is 973 g/mol. The molecule has 394 valence electrons. The van der Waals surface area contributed by atoms with Crippen molar-refractivity contribution in [2.75, 3.05) is 19.0 Å². The number of aliphatic hydroxyl groups is 3. The molecule has 1 rings (SSSR count). The van der Waals surface area contributed by atoms with Gasteiger partial charge in [0.2, 0.25) is 0 Å². The number of aliphatic hydroxyl groups excluding tert-OH is 3. The van der Waals surface area contributed by atoms with Gasteiger partial charge in [-0.25, -0.2) is 0 Å². The lowest BCUT2D eigenvalue weighted by Gasteiger charge is -2.40. The number of rotatable bonds is 47. The second-order valence-corrected chi connectivity index (χ2v) is 20.7. The van der Waals surface area contributed by atoms with E-state index in [4.69, 9.17) is 18.9 Å². The first-order chi connectivity index (χ1) is 32.5. The standard InChI is InChI=1S/C54H100O12S/c1-3-5-7-9-11-13-15-17-19-21-23-24-25-27-29-31-33-35-37-39-41-43-50(56)65-47(45-64-54-53(59)52(58)51(57)48(66-54)46-67(60,61)62)44-63-49(55)42-40-38-36-34-32-30-28-26-22-20-18-16-14-12-10-8-6-4-2/h20-23,47-48,51-54,57-59H,3-19,24-46H2,1-2H3,(H,60,61,62)/b22-20-,23-21-. The normalized spacial score (nSPS) is 19.4. The minimum absolute atomic E-state index is 0.164. The minimum atomic E-state index is -4.61. The summed E-state index contributed by atoms with van der Waals surface area (Å²) in [6.45, 7) is 3.80. The third-order valence-electron chi connectivity index (χ3n) is 12.8. The zero-order valence-corrected chi connectivity index (χ0v) is 43.3. The number of ether oxygens (including phenoxy) is 4. The molecule has 6 atom stereocenters. The van der Waals surface area contributed by atoms with Gasteiger partial charge in [-0.15, -0.1) is 0 Å². The lowest BCUT2D eigenvalue weighted by atomic mass is 10.00. The summed E-state index contributed by atoms with van der Waals surface area (Å²) in [5.41, 5.74) is 0. The van der Waals surface area contributed by atoms with E-state index in [1.165, 1.54) is 167 Å². The van der Waals surface area contributed by atoms with Gasteiger partial charge in [-0.05, 0) is 64.2 Å². The molecule has 1 heterocycles. The molecule has 0 bridgehead atoms. The number of hydrogen-bond acceptors (Lipinski definition) is 11. The quantitative estimate of drug-likeness (QED) is 0.0196. The number of esters is 2. The van der Waals surface area contributed by atoms with Crippen molar-refractivity contribution in [2.24, 2.45) is 0 Å². The van der Waals surface area contributed by atoms with E-state index in [0.717, 1.165) is 44.9 Å². The minimum Gasteiger partial charge on any atom is -0.462 e. The lowest BCUT2D eigenvalue weighted by molar-refractivity contribution is -0.297. The van der Waals surface area contributed by atoms with Crippen molar-refractivity contribution < 1.29 is 56.8 Å². The van der Waals surface area contributed by atoms with Crippen LogP contribution in [0.15, 0.2) is 24.3 Å². The number of carbonyl (C=O) groups is 2. The van der Waals surface area contributed by atoms with E-state index in [-0.39, 0.29) is 19.4 Å². The van der Waals surface area contributed by atoms with Crippen LogP contribution in [-0.2, 0) is 38.7 Å². The molecule has 0 aromatic rings. The summed E-state index contributed by atoms with van der Waals surface area (Å²) in [4.78, 5) is 25.6. The van der Waals surface area contributed by atoms with Crippen LogP contribution in [0.5, 0.6) is 0 Å². The van der Waals surface area contributed by atoms with Crippen molar-refractivity contribution in [3.63, 3.8) is 0 Å². The van der Waals surface area contributed by atoms with Crippen LogP contribution in [0.1, 0.15) is 251 Å². The average molecular weight is 973 g/mol. The fraction of sp³-hybridized carbons (Fsp3) is 0.889. The molecule has 0 amide bonds. The van der Waals surface area contributed by atoms with E-state index in [9.17, 15) is 37.9 Å². The predicted molar refractivity (Wildman–Crippen MR) is 270 cm³/mol. The van der Waals surface area contributed by atoms with Crippen molar-refractivity contribution in [1.82, 2.24) is 0 Å². The van der Waals surface area contributed by atoms with Gasteiger partial charge in [0.25, 0.3) is 10.1 Å². The summed E-state index contributed by atoms with van der Waals surface area (Å²) in [6.07, 6.45) is 42.1. The summed E-state index contributed by atoms with van der Waals surface area (Å²) in [5, 5.41) is 31.0. The Balaban J connectivity index is 2.34. The Kier molecular flexibility index (Phi) is 41.6. The van der Waals surface area contributed by atoms with Crippen LogP contribution in [0.3, 0.4) is 0 Å². The van der Waals surface area contributed by atoms with Crippen LogP contribution >= 0.6 is 0 Å². The van der Waals surface area contributed by atoms with Crippen molar-refractivity contribution in [2.45, 2.75) is 288 Å². The van der Waals surface area contributed by atoms with Crippen molar-refractivity contribution in [3.8, 4) is 0 Å². The second-order valence-electron chi connectivity index (χ2n) is 19.2. The summed E-state index contributed by atoms with van der Waals surface area (Å²) in [6, 6.07) is 0. The van der Waals surface area contributed by atoms with Crippen LogP contribution in [-0.4, -0.2) is 96.0 Å². The highest BCUT2D eigenvalue weighted by Crippen LogP contribution is 2.24. The molecule has 6 unspecified atom stereocenters. The third-order valence-corrected chi connectivity index (χ3v) is 13.5. The molecule has 0 spiro atoms. The summed E-state index contributed by atoms with van der Waals surface area (Å²) >= 11 is 0. The van der Waals surface area contributed by atoms with Gasteiger partial charge in [-0.2, -0.15) is 8.42 Å². The molecule has 12 nitrogen and oxygen atoms in total. The van der Waals surface area contributed by atoms with Gasteiger partial charge >= 0.3 is 11.9 Å². The van der Waals surface area contributed by atoms with Gasteiger partial charge in [0.15, 0.2) is 12.4 Å². The Morgan fingerprint density at radius 1 is 0.493 bits per heavy atom. The molecule has 0 aromatic carbocycles. The van der Waals surface area contributed by atoms with E-state index < -0.39 is 71.2 Å². The topological polar surface area (TPSA) is 186 Å². The fourth-order valence-electron chi connectivity index (χ4n) is 8.49. The number of unbranched alkanes of at least 4 members (excludes halogenated alkanes) is 31. The highest BCUT2D eigenvalue weighted by atomic mass is 32.2. The predicted octanol–water partition coefficient (Wildman–Crippen LogP) is 12.7. The molecule has 1 aliphatic heterocycles. The molecular formula is C54H100O12S. The molecule has 0 aromatic heterocycles. The summed E-state index contributed by atoms with van der Waals surface area (Å²) < 4.78 is 54.3. The van der Waals surface area contributed by atoms with E-state index in [2.05, 4.69) is 38.2 Å². The van der Waals surface area contributed by atoms with Gasteiger partial charge in [0, 0.05) is 12.8 Å². The molecule has 0 saturated carbocycles. The maximum Gasteiger partial charge on any atom is 0.306 e.